The van der Waals surface area contributed by atoms with Crippen LogP contribution in [0.1, 0.15) is 10.6 Å². The molecule has 0 atom stereocenters. The quantitative estimate of drug-likeness (QED) is 0.884. The van der Waals surface area contributed by atoms with Crippen molar-refractivity contribution in [2.24, 2.45) is 0 Å². The van der Waals surface area contributed by atoms with Crippen molar-refractivity contribution in [3.63, 3.8) is 0 Å². The number of carbonyl (C=O) groups is 1. The number of carbonyl (C=O) groups excluding carboxylic acids is 1. The van der Waals surface area contributed by atoms with Crippen molar-refractivity contribution in [1.29, 1.82) is 0 Å². The van der Waals surface area contributed by atoms with E-state index in [2.05, 4.69) is 15.9 Å². The summed E-state index contributed by atoms with van der Waals surface area (Å²) in [5.74, 6) is 1.23. The van der Waals surface area contributed by atoms with Crippen molar-refractivity contribution in [3.05, 3.63) is 34.5 Å². The Morgan fingerprint density at radius 2 is 2.18 bits per heavy atom. The van der Waals surface area contributed by atoms with E-state index in [9.17, 15) is 9.90 Å². The van der Waals surface area contributed by atoms with Gasteiger partial charge in [-0.1, -0.05) is 0 Å². The van der Waals surface area contributed by atoms with Crippen LogP contribution in [0, 0.1) is 0 Å². The minimum absolute atomic E-state index is 0.0394. The van der Waals surface area contributed by atoms with Crippen molar-refractivity contribution < 1.29 is 19.1 Å². The van der Waals surface area contributed by atoms with Crippen LogP contribution in [-0.4, -0.2) is 18.5 Å². The largest absolute Gasteiger partial charge is 0.506 e. The van der Waals surface area contributed by atoms with Gasteiger partial charge in [-0.25, -0.2) is 0 Å². The number of ether oxygens (including phenoxy) is 1. The average molecular weight is 297 g/mol. The Morgan fingerprint density at radius 3 is 2.76 bits per heavy atom. The van der Waals surface area contributed by atoms with Gasteiger partial charge in [0.15, 0.2) is 12.0 Å². The molecule has 5 heteroatoms. The number of furan rings is 1. The standard InChI is InChI=1S/C12H9BrO4/c1-16-8-4-9(12(15)10(13)5-8)11-3-2-7(6-14)17-11/h2-6,15H,1H3. The lowest BCUT2D eigenvalue weighted by atomic mass is 10.1. The van der Waals surface area contributed by atoms with Crippen molar-refractivity contribution in [3.8, 4) is 22.8 Å². The number of phenols is 1. The number of methoxy groups -OCH3 is 1. The zero-order valence-electron chi connectivity index (χ0n) is 8.94. The third-order valence-corrected chi connectivity index (χ3v) is 2.89. The summed E-state index contributed by atoms with van der Waals surface area (Å²) in [7, 11) is 1.53. The fraction of sp³-hybridized carbons (Fsp3) is 0.0833. The predicted molar refractivity (Wildman–Crippen MR) is 65.4 cm³/mol. The van der Waals surface area contributed by atoms with Crippen LogP contribution in [0.4, 0.5) is 0 Å². The molecule has 0 fully saturated rings. The van der Waals surface area contributed by atoms with Crippen molar-refractivity contribution >= 4 is 22.2 Å². The molecule has 0 aliphatic carbocycles. The maximum Gasteiger partial charge on any atom is 0.185 e. The number of benzene rings is 1. The van der Waals surface area contributed by atoms with Crippen LogP contribution in [0.25, 0.3) is 11.3 Å². The van der Waals surface area contributed by atoms with Gasteiger partial charge in [0, 0.05) is 0 Å². The molecule has 1 heterocycles. The maximum atomic E-state index is 10.5. The molecule has 2 rings (SSSR count). The molecule has 1 N–H and O–H groups in total. The summed E-state index contributed by atoms with van der Waals surface area (Å²) < 4.78 is 10.8. The highest BCUT2D eigenvalue weighted by atomic mass is 79.9. The van der Waals surface area contributed by atoms with E-state index in [4.69, 9.17) is 9.15 Å². The third-order valence-electron chi connectivity index (χ3n) is 2.28. The molecule has 1 aromatic carbocycles. The van der Waals surface area contributed by atoms with Crippen molar-refractivity contribution in [2.45, 2.75) is 0 Å². The smallest absolute Gasteiger partial charge is 0.185 e. The first kappa shape index (κ1) is 11.7. The summed E-state index contributed by atoms with van der Waals surface area (Å²) in [6.45, 7) is 0. The molecule has 0 saturated carbocycles. The molecule has 0 amide bonds. The Hall–Kier alpha value is -1.75. The minimum Gasteiger partial charge on any atom is -0.506 e. The number of hydrogen-bond donors (Lipinski definition) is 1. The molecule has 0 aliphatic heterocycles. The van der Waals surface area contributed by atoms with Crippen LogP contribution in [0.15, 0.2) is 33.2 Å². The van der Waals surface area contributed by atoms with Gasteiger partial charge in [-0.15, -0.1) is 0 Å². The fourth-order valence-electron chi connectivity index (χ4n) is 1.44. The Morgan fingerprint density at radius 1 is 1.41 bits per heavy atom. The Labute approximate surface area is 106 Å². The second kappa shape index (κ2) is 4.63. The van der Waals surface area contributed by atoms with Gasteiger partial charge < -0.3 is 14.3 Å². The second-order valence-electron chi connectivity index (χ2n) is 3.33. The van der Waals surface area contributed by atoms with Crippen molar-refractivity contribution in [2.75, 3.05) is 7.11 Å². The van der Waals surface area contributed by atoms with Gasteiger partial charge in [0.05, 0.1) is 17.1 Å². The Balaban J connectivity index is 2.57. The topological polar surface area (TPSA) is 59.7 Å². The molecule has 0 unspecified atom stereocenters. The van der Waals surface area contributed by atoms with E-state index >= 15 is 0 Å². The molecule has 0 radical (unpaired) electrons. The molecule has 88 valence electrons. The van der Waals surface area contributed by atoms with Crippen LogP contribution in [-0.2, 0) is 0 Å². The van der Waals surface area contributed by atoms with E-state index in [0.29, 0.717) is 27.8 Å². The number of aromatic hydroxyl groups is 1. The lowest BCUT2D eigenvalue weighted by Gasteiger charge is -2.07. The zero-order chi connectivity index (χ0) is 12.4. The number of hydrogen-bond acceptors (Lipinski definition) is 4. The molecule has 1 aromatic heterocycles. The van der Waals surface area contributed by atoms with Gasteiger partial charge in [-0.3, -0.25) is 4.79 Å². The first-order valence-corrected chi connectivity index (χ1v) is 5.57. The molecule has 0 saturated heterocycles. The van der Waals surface area contributed by atoms with E-state index in [1.165, 1.54) is 13.2 Å². The van der Waals surface area contributed by atoms with Gasteiger partial charge in [0.1, 0.15) is 17.3 Å². The first-order valence-electron chi connectivity index (χ1n) is 4.77. The van der Waals surface area contributed by atoms with Gasteiger partial charge in [0.2, 0.25) is 0 Å². The monoisotopic (exact) mass is 296 g/mol. The van der Waals surface area contributed by atoms with E-state index in [1.54, 1.807) is 18.2 Å². The molecular weight excluding hydrogens is 288 g/mol. The highest BCUT2D eigenvalue weighted by Gasteiger charge is 2.13. The molecule has 0 bridgehead atoms. The maximum absolute atomic E-state index is 10.5. The predicted octanol–water partition coefficient (Wildman–Crippen LogP) is 3.24. The molecule has 2 aromatic rings. The second-order valence-corrected chi connectivity index (χ2v) is 4.18. The summed E-state index contributed by atoms with van der Waals surface area (Å²) in [6, 6.07) is 6.43. The molecule has 17 heavy (non-hydrogen) atoms. The lowest BCUT2D eigenvalue weighted by molar-refractivity contribution is 0.110. The van der Waals surface area contributed by atoms with Gasteiger partial charge in [-0.2, -0.15) is 0 Å². The van der Waals surface area contributed by atoms with Gasteiger partial charge in [0.25, 0.3) is 0 Å². The summed E-state index contributed by atoms with van der Waals surface area (Å²) in [6.07, 6.45) is 0.607. The SMILES string of the molecule is COc1cc(Br)c(O)c(-c2ccc(C=O)o2)c1. The third kappa shape index (κ3) is 2.19. The highest BCUT2D eigenvalue weighted by molar-refractivity contribution is 9.10. The highest BCUT2D eigenvalue weighted by Crippen LogP contribution is 2.39. The van der Waals surface area contributed by atoms with E-state index in [-0.39, 0.29) is 11.5 Å². The molecule has 0 spiro atoms. The zero-order valence-corrected chi connectivity index (χ0v) is 10.5. The first-order chi connectivity index (χ1) is 8.15. The van der Waals surface area contributed by atoms with Crippen LogP contribution < -0.4 is 4.74 Å². The molecule has 4 nitrogen and oxygen atoms in total. The van der Waals surface area contributed by atoms with E-state index in [1.807, 2.05) is 0 Å². The van der Waals surface area contributed by atoms with Crippen LogP contribution >= 0.6 is 15.9 Å². The summed E-state index contributed by atoms with van der Waals surface area (Å²) in [5.41, 5.74) is 0.462. The van der Waals surface area contributed by atoms with Crippen LogP contribution in [0.3, 0.4) is 0 Å². The van der Waals surface area contributed by atoms with Gasteiger partial charge >= 0.3 is 0 Å². The summed E-state index contributed by atoms with van der Waals surface area (Å²) >= 11 is 3.22. The summed E-state index contributed by atoms with van der Waals surface area (Å²) in [4.78, 5) is 10.5. The fourth-order valence-corrected chi connectivity index (χ4v) is 1.88. The van der Waals surface area contributed by atoms with E-state index in [0.717, 1.165) is 0 Å². The van der Waals surface area contributed by atoms with E-state index < -0.39 is 0 Å². The number of phenolic OH excluding ortho intramolecular Hbond substituents is 1. The van der Waals surface area contributed by atoms with Gasteiger partial charge in [-0.05, 0) is 40.2 Å². The number of rotatable bonds is 3. The normalized spacial score (nSPS) is 10.2. The van der Waals surface area contributed by atoms with Crippen LogP contribution in [0.5, 0.6) is 11.5 Å². The number of halogens is 1. The average Bonchev–Trinajstić information content (AvgIpc) is 2.81. The number of aldehydes is 1. The Bertz CT molecular complexity index is 560. The summed E-state index contributed by atoms with van der Waals surface area (Å²) in [5, 5.41) is 9.90. The molecule has 0 aliphatic rings. The minimum atomic E-state index is 0.0394. The molecular formula is C12H9BrO4. The van der Waals surface area contributed by atoms with Crippen molar-refractivity contribution in [1.82, 2.24) is 0 Å². The Kier molecular flexibility index (Phi) is 3.19. The lowest BCUT2D eigenvalue weighted by Crippen LogP contribution is -1.85. The van der Waals surface area contributed by atoms with Crippen LogP contribution in [0.2, 0.25) is 0 Å².